The maximum atomic E-state index is 12.6. The van der Waals surface area contributed by atoms with Gasteiger partial charge in [0.05, 0.1) is 12.0 Å². The van der Waals surface area contributed by atoms with E-state index in [9.17, 15) is 14.4 Å². The number of aliphatic carboxylic acids is 1. The zero-order valence-electron chi connectivity index (χ0n) is 15.1. The third-order valence-electron chi connectivity index (χ3n) is 4.96. The lowest BCUT2D eigenvalue weighted by atomic mass is 9.74. The average molecular weight is 366 g/mol. The first-order chi connectivity index (χ1) is 12.9. The third-order valence-corrected chi connectivity index (χ3v) is 4.96. The summed E-state index contributed by atoms with van der Waals surface area (Å²) in [5, 5.41) is 14.8. The number of amides is 2. The van der Waals surface area contributed by atoms with Gasteiger partial charge in [0.2, 0.25) is 0 Å². The van der Waals surface area contributed by atoms with Crippen molar-refractivity contribution in [3.8, 4) is 0 Å². The van der Waals surface area contributed by atoms with Crippen molar-refractivity contribution < 1.29 is 19.5 Å². The normalized spacial score (nSPS) is 14.7. The standard InChI is InChI=1S/C21H22N2O4/c1-14-8-9-16(20(27)23-21(10-5-11-21)13-18(24)25)12-17(14)22-19(26)15-6-3-2-4-7-15/h2-4,6-9,12H,5,10-11,13H2,1H3,(H,22,26)(H,23,27)(H,24,25). The van der Waals surface area contributed by atoms with Gasteiger partial charge in [-0.25, -0.2) is 0 Å². The summed E-state index contributed by atoms with van der Waals surface area (Å²) in [6.07, 6.45) is 2.14. The van der Waals surface area contributed by atoms with Crippen LogP contribution < -0.4 is 10.6 Å². The van der Waals surface area contributed by atoms with E-state index in [1.165, 1.54) is 0 Å². The van der Waals surface area contributed by atoms with Crippen LogP contribution in [-0.4, -0.2) is 28.4 Å². The van der Waals surface area contributed by atoms with Crippen LogP contribution in [0.15, 0.2) is 48.5 Å². The topological polar surface area (TPSA) is 95.5 Å². The zero-order chi connectivity index (χ0) is 19.4. The van der Waals surface area contributed by atoms with Crippen LogP contribution in [0.4, 0.5) is 5.69 Å². The average Bonchev–Trinajstić information content (AvgIpc) is 2.61. The second-order valence-corrected chi connectivity index (χ2v) is 7.01. The number of carbonyl (C=O) groups excluding carboxylic acids is 2. The van der Waals surface area contributed by atoms with Crippen molar-refractivity contribution in [2.75, 3.05) is 5.32 Å². The molecule has 0 heterocycles. The minimum atomic E-state index is -0.922. The molecule has 6 nitrogen and oxygen atoms in total. The van der Waals surface area contributed by atoms with Crippen molar-refractivity contribution in [2.45, 2.75) is 38.1 Å². The monoisotopic (exact) mass is 366 g/mol. The lowest BCUT2D eigenvalue weighted by molar-refractivity contribution is -0.139. The van der Waals surface area contributed by atoms with Gasteiger partial charge in [0.25, 0.3) is 11.8 Å². The highest BCUT2D eigenvalue weighted by Gasteiger charge is 2.40. The van der Waals surface area contributed by atoms with Gasteiger partial charge >= 0.3 is 5.97 Å². The molecule has 0 radical (unpaired) electrons. The molecule has 1 aliphatic carbocycles. The Morgan fingerprint density at radius 1 is 1.00 bits per heavy atom. The Kier molecular flexibility index (Phi) is 5.26. The maximum absolute atomic E-state index is 12.6. The van der Waals surface area contributed by atoms with E-state index in [1.807, 2.05) is 13.0 Å². The molecule has 0 bridgehead atoms. The first-order valence-electron chi connectivity index (χ1n) is 8.90. The quantitative estimate of drug-likeness (QED) is 0.730. The van der Waals surface area contributed by atoms with E-state index in [0.29, 0.717) is 29.7 Å². The van der Waals surface area contributed by atoms with Crippen LogP contribution in [0.5, 0.6) is 0 Å². The molecule has 3 rings (SSSR count). The van der Waals surface area contributed by atoms with Crippen molar-refractivity contribution in [1.29, 1.82) is 0 Å². The molecule has 2 aromatic carbocycles. The summed E-state index contributed by atoms with van der Waals surface area (Å²) in [5.41, 5.74) is 1.64. The SMILES string of the molecule is Cc1ccc(C(=O)NC2(CC(=O)O)CCC2)cc1NC(=O)c1ccccc1. The molecule has 1 fully saturated rings. The van der Waals surface area contributed by atoms with Crippen molar-refractivity contribution in [3.63, 3.8) is 0 Å². The van der Waals surface area contributed by atoms with Gasteiger partial charge in [-0.1, -0.05) is 24.3 Å². The van der Waals surface area contributed by atoms with Gasteiger partial charge < -0.3 is 15.7 Å². The molecule has 1 aliphatic rings. The maximum Gasteiger partial charge on any atom is 0.305 e. The van der Waals surface area contributed by atoms with Crippen molar-refractivity contribution in [3.05, 3.63) is 65.2 Å². The van der Waals surface area contributed by atoms with Crippen LogP contribution in [-0.2, 0) is 4.79 Å². The lowest BCUT2D eigenvalue weighted by Crippen LogP contribution is -2.54. The van der Waals surface area contributed by atoms with E-state index in [0.717, 1.165) is 12.0 Å². The summed E-state index contributed by atoms with van der Waals surface area (Å²) in [4.78, 5) is 36.1. The minimum absolute atomic E-state index is 0.0811. The summed E-state index contributed by atoms with van der Waals surface area (Å²) in [6.45, 7) is 1.85. The zero-order valence-corrected chi connectivity index (χ0v) is 15.1. The van der Waals surface area contributed by atoms with Crippen LogP contribution in [0.25, 0.3) is 0 Å². The second kappa shape index (κ2) is 7.61. The molecule has 6 heteroatoms. The summed E-state index contributed by atoms with van der Waals surface area (Å²) < 4.78 is 0. The van der Waals surface area contributed by atoms with Gasteiger partial charge in [-0.2, -0.15) is 0 Å². The van der Waals surface area contributed by atoms with Crippen LogP contribution >= 0.6 is 0 Å². The summed E-state index contributed by atoms with van der Waals surface area (Å²) >= 11 is 0. The summed E-state index contributed by atoms with van der Waals surface area (Å²) in [7, 11) is 0. The number of hydrogen-bond acceptors (Lipinski definition) is 3. The Hall–Kier alpha value is -3.15. The van der Waals surface area contributed by atoms with E-state index in [1.54, 1.807) is 42.5 Å². The minimum Gasteiger partial charge on any atom is -0.481 e. The molecule has 1 saturated carbocycles. The molecule has 0 spiro atoms. The Morgan fingerprint density at radius 3 is 2.30 bits per heavy atom. The molecule has 2 aromatic rings. The Balaban J connectivity index is 1.75. The number of aryl methyl sites for hydroxylation is 1. The van der Waals surface area contributed by atoms with Crippen molar-refractivity contribution in [2.24, 2.45) is 0 Å². The molecule has 140 valence electrons. The molecule has 0 aliphatic heterocycles. The molecule has 3 N–H and O–H groups in total. The van der Waals surface area contributed by atoms with E-state index < -0.39 is 11.5 Å². The molecule has 2 amide bonds. The van der Waals surface area contributed by atoms with Crippen molar-refractivity contribution in [1.82, 2.24) is 5.32 Å². The smallest absolute Gasteiger partial charge is 0.305 e. The fourth-order valence-electron chi connectivity index (χ4n) is 3.23. The Labute approximate surface area is 157 Å². The number of hydrogen-bond donors (Lipinski definition) is 3. The molecule has 27 heavy (non-hydrogen) atoms. The van der Waals surface area contributed by atoms with Crippen molar-refractivity contribution >= 4 is 23.5 Å². The predicted octanol–water partition coefficient (Wildman–Crippen LogP) is 3.37. The molecule has 0 saturated heterocycles. The number of rotatable bonds is 6. The highest BCUT2D eigenvalue weighted by molar-refractivity contribution is 6.05. The number of carbonyl (C=O) groups is 3. The summed E-state index contributed by atoms with van der Waals surface area (Å²) in [5.74, 6) is -1.50. The fraction of sp³-hybridized carbons (Fsp3) is 0.286. The van der Waals surface area contributed by atoms with Gasteiger partial charge in [0.1, 0.15) is 0 Å². The van der Waals surface area contributed by atoms with Crippen LogP contribution in [0, 0.1) is 6.92 Å². The van der Waals surface area contributed by atoms with E-state index >= 15 is 0 Å². The van der Waals surface area contributed by atoms with E-state index in [-0.39, 0.29) is 18.2 Å². The number of carboxylic acids is 1. The van der Waals surface area contributed by atoms with Gasteiger partial charge in [0, 0.05) is 16.8 Å². The highest BCUT2D eigenvalue weighted by Crippen LogP contribution is 2.35. The Morgan fingerprint density at radius 2 is 1.70 bits per heavy atom. The number of carboxylic acid groups (broad SMARTS) is 1. The fourth-order valence-corrected chi connectivity index (χ4v) is 3.23. The van der Waals surface area contributed by atoms with Gasteiger partial charge in [-0.05, 0) is 56.0 Å². The molecule has 0 unspecified atom stereocenters. The molecular formula is C21H22N2O4. The van der Waals surface area contributed by atoms with Gasteiger partial charge in [0.15, 0.2) is 0 Å². The lowest BCUT2D eigenvalue weighted by Gasteiger charge is -2.41. The molecule has 0 aromatic heterocycles. The highest BCUT2D eigenvalue weighted by atomic mass is 16.4. The predicted molar refractivity (Wildman–Crippen MR) is 102 cm³/mol. The second-order valence-electron chi connectivity index (χ2n) is 7.01. The largest absolute Gasteiger partial charge is 0.481 e. The first kappa shape index (κ1) is 18.6. The molecular weight excluding hydrogens is 344 g/mol. The number of anilines is 1. The molecule has 0 atom stereocenters. The van der Waals surface area contributed by atoms with E-state index in [2.05, 4.69) is 10.6 Å². The number of nitrogens with one attached hydrogen (secondary N) is 2. The first-order valence-corrected chi connectivity index (χ1v) is 8.90. The third kappa shape index (κ3) is 4.34. The van der Waals surface area contributed by atoms with E-state index in [4.69, 9.17) is 5.11 Å². The van der Waals surface area contributed by atoms with Crippen LogP contribution in [0.3, 0.4) is 0 Å². The van der Waals surface area contributed by atoms with Gasteiger partial charge in [-0.3, -0.25) is 14.4 Å². The summed E-state index contributed by atoms with van der Waals surface area (Å²) in [6, 6.07) is 13.9. The van der Waals surface area contributed by atoms with Gasteiger partial charge in [-0.15, -0.1) is 0 Å². The Bertz CT molecular complexity index is 873. The van der Waals surface area contributed by atoms with Crippen LogP contribution in [0.2, 0.25) is 0 Å². The van der Waals surface area contributed by atoms with Crippen LogP contribution in [0.1, 0.15) is 52.0 Å². The number of benzene rings is 2.